The first-order chi connectivity index (χ1) is 6.27. The minimum atomic E-state index is -0.536. The Morgan fingerprint density at radius 3 is 2.92 bits per heavy atom. The minimum absolute atomic E-state index is 0.442. The van der Waals surface area contributed by atoms with Crippen LogP contribution in [0.2, 0.25) is 0 Å². The molecule has 0 atom stereocenters. The Morgan fingerprint density at radius 2 is 2.08 bits per heavy atom. The van der Waals surface area contributed by atoms with Gasteiger partial charge in [0, 0.05) is 12.3 Å². The standard InChI is InChI=1S/C9H6N2O2/c12-9-6-11(13)8-4-2-1-3-7(8)5-10-9/h1-6H. The lowest BCUT2D eigenvalue weighted by atomic mass is 10.2. The lowest BCUT2D eigenvalue weighted by Gasteiger charge is -1.93. The molecule has 0 N–H and O–H groups in total. The minimum Gasteiger partial charge on any atom is -0.618 e. The van der Waals surface area contributed by atoms with Crippen molar-refractivity contribution in [2.75, 3.05) is 0 Å². The van der Waals surface area contributed by atoms with Gasteiger partial charge in [-0.05, 0) is 6.07 Å². The summed E-state index contributed by atoms with van der Waals surface area (Å²) in [5, 5.41) is 11.9. The van der Waals surface area contributed by atoms with E-state index in [0.29, 0.717) is 15.6 Å². The van der Waals surface area contributed by atoms with Crippen molar-refractivity contribution in [1.29, 1.82) is 0 Å². The number of para-hydroxylation sites is 1. The summed E-state index contributed by atoms with van der Waals surface area (Å²) in [7, 11) is 0. The molecule has 2 rings (SSSR count). The number of fused-ring (bicyclic) bond motifs is 1. The van der Waals surface area contributed by atoms with E-state index in [1.807, 2.05) is 0 Å². The van der Waals surface area contributed by atoms with Crippen molar-refractivity contribution in [2.45, 2.75) is 0 Å². The molecular formula is C9H6N2O2. The van der Waals surface area contributed by atoms with Crippen LogP contribution in [0, 0.1) is 5.21 Å². The monoisotopic (exact) mass is 174 g/mol. The highest BCUT2D eigenvalue weighted by atomic mass is 16.5. The molecule has 13 heavy (non-hydrogen) atoms. The normalized spacial score (nSPS) is 10.2. The second kappa shape index (κ2) is 2.82. The molecule has 0 bridgehead atoms. The molecule has 0 spiro atoms. The van der Waals surface area contributed by atoms with Gasteiger partial charge in [-0.25, -0.2) is 4.98 Å². The highest BCUT2D eigenvalue weighted by Gasteiger charge is 2.00. The number of rotatable bonds is 0. The zero-order valence-electron chi connectivity index (χ0n) is 6.68. The molecule has 1 aromatic carbocycles. The Kier molecular flexibility index (Phi) is 1.66. The van der Waals surface area contributed by atoms with E-state index in [1.165, 1.54) is 6.20 Å². The van der Waals surface area contributed by atoms with Crippen LogP contribution in [-0.2, 0) is 0 Å². The van der Waals surface area contributed by atoms with Crippen molar-refractivity contribution in [1.82, 2.24) is 4.98 Å². The summed E-state index contributed by atoms with van der Waals surface area (Å²) < 4.78 is 0.532. The molecule has 0 amide bonds. The third kappa shape index (κ3) is 1.33. The summed E-state index contributed by atoms with van der Waals surface area (Å²) in [6.07, 6.45) is 2.31. The summed E-state index contributed by atoms with van der Waals surface area (Å²) in [5.41, 5.74) is -0.0942. The predicted octanol–water partition coefficient (Wildman–Crippen LogP) is 0.228. The van der Waals surface area contributed by atoms with Gasteiger partial charge in [-0.2, -0.15) is 4.73 Å². The third-order valence-corrected chi connectivity index (χ3v) is 1.73. The Hall–Kier alpha value is -1.97. The van der Waals surface area contributed by atoms with Crippen LogP contribution in [0.5, 0.6) is 0 Å². The van der Waals surface area contributed by atoms with Crippen LogP contribution in [0.15, 0.2) is 41.5 Å². The smallest absolute Gasteiger partial charge is 0.335 e. The Labute approximate surface area is 73.7 Å². The van der Waals surface area contributed by atoms with E-state index in [0.717, 1.165) is 6.20 Å². The molecule has 0 aliphatic carbocycles. The van der Waals surface area contributed by atoms with Gasteiger partial charge in [0.05, 0.1) is 5.39 Å². The molecule has 0 unspecified atom stereocenters. The summed E-state index contributed by atoms with van der Waals surface area (Å²) in [6.45, 7) is 0. The van der Waals surface area contributed by atoms with E-state index in [9.17, 15) is 10.0 Å². The molecule has 0 saturated heterocycles. The topological polar surface area (TPSA) is 56.9 Å². The number of benzene rings is 1. The third-order valence-electron chi connectivity index (χ3n) is 1.73. The van der Waals surface area contributed by atoms with E-state index in [2.05, 4.69) is 4.98 Å². The lowest BCUT2D eigenvalue weighted by Crippen LogP contribution is -2.28. The first-order valence-electron chi connectivity index (χ1n) is 3.76. The van der Waals surface area contributed by atoms with E-state index < -0.39 is 5.56 Å². The molecule has 0 saturated carbocycles. The van der Waals surface area contributed by atoms with Gasteiger partial charge < -0.3 is 5.21 Å². The van der Waals surface area contributed by atoms with Gasteiger partial charge in [0.25, 0.3) is 0 Å². The summed E-state index contributed by atoms with van der Waals surface area (Å²) in [6, 6.07) is 6.90. The van der Waals surface area contributed by atoms with Crippen molar-refractivity contribution in [3.8, 4) is 0 Å². The molecule has 4 heteroatoms. The SMILES string of the molecule is O=c1c[n+]([O-])c2ccccc2cn1. The maximum absolute atomic E-state index is 11.3. The number of hydrogen-bond donors (Lipinski definition) is 0. The van der Waals surface area contributed by atoms with Crippen LogP contribution in [0.4, 0.5) is 0 Å². The van der Waals surface area contributed by atoms with E-state index in [-0.39, 0.29) is 0 Å². The molecule has 0 aliphatic heterocycles. The van der Waals surface area contributed by atoms with Gasteiger partial charge in [0.15, 0.2) is 0 Å². The van der Waals surface area contributed by atoms with Crippen LogP contribution >= 0.6 is 0 Å². The summed E-state index contributed by atoms with van der Waals surface area (Å²) in [4.78, 5) is 14.4. The quantitative estimate of drug-likeness (QED) is 0.424. The van der Waals surface area contributed by atoms with Gasteiger partial charge >= 0.3 is 5.56 Å². The first kappa shape index (κ1) is 7.67. The zero-order chi connectivity index (χ0) is 9.26. The Balaban J connectivity index is 3.02. The van der Waals surface area contributed by atoms with Crippen molar-refractivity contribution >= 4 is 10.9 Å². The molecule has 0 radical (unpaired) electrons. The van der Waals surface area contributed by atoms with Crippen molar-refractivity contribution < 1.29 is 4.73 Å². The van der Waals surface area contributed by atoms with E-state index >= 15 is 0 Å². The van der Waals surface area contributed by atoms with Gasteiger partial charge in [0.2, 0.25) is 11.7 Å². The van der Waals surface area contributed by atoms with Crippen molar-refractivity contribution in [3.63, 3.8) is 0 Å². The van der Waals surface area contributed by atoms with Gasteiger partial charge in [-0.1, -0.05) is 12.1 Å². The van der Waals surface area contributed by atoms with E-state index in [1.54, 1.807) is 24.3 Å². The zero-order valence-corrected chi connectivity index (χ0v) is 6.68. The molecule has 2 aromatic rings. The van der Waals surface area contributed by atoms with Gasteiger partial charge in [-0.15, -0.1) is 0 Å². The predicted molar refractivity (Wildman–Crippen MR) is 47.0 cm³/mol. The number of aromatic nitrogens is 2. The fraction of sp³-hybridized carbons (Fsp3) is 0. The summed E-state index contributed by atoms with van der Waals surface area (Å²) in [5.74, 6) is 0. The Morgan fingerprint density at radius 1 is 1.31 bits per heavy atom. The second-order valence-corrected chi connectivity index (χ2v) is 2.61. The first-order valence-corrected chi connectivity index (χ1v) is 3.76. The number of hydrogen-bond acceptors (Lipinski definition) is 3. The van der Waals surface area contributed by atoms with E-state index in [4.69, 9.17) is 0 Å². The average molecular weight is 174 g/mol. The van der Waals surface area contributed by atoms with Crippen LogP contribution in [0.3, 0.4) is 0 Å². The second-order valence-electron chi connectivity index (χ2n) is 2.61. The molecule has 0 fully saturated rings. The fourth-order valence-electron chi connectivity index (χ4n) is 1.13. The fourth-order valence-corrected chi connectivity index (χ4v) is 1.13. The van der Waals surface area contributed by atoms with Gasteiger partial charge in [-0.3, -0.25) is 4.79 Å². The van der Waals surface area contributed by atoms with Gasteiger partial charge in [0.1, 0.15) is 0 Å². The molecule has 0 aliphatic rings. The van der Waals surface area contributed by atoms with Crippen LogP contribution < -0.4 is 10.3 Å². The molecule has 64 valence electrons. The lowest BCUT2D eigenvalue weighted by molar-refractivity contribution is -0.577. The highest BCUT2D eigenvalue weighted by Crippen LogP contribution is 2.03. The maximum atomic E-state index is 11.3. The molecular weight excluding hydrogens is 168 g/mol. The van der Waals surface area contributed by atoms with Crippen molar-refractivity contribution in [2.24, 2.45) is 0 Å². The molecule has 1 aromatic heterocycles. The molecule has 4 nitrogen and oxygen atoms in total. The largest absolute Gasteiger partial charge is 0.618 e. The molecule has 1 heterocycles. The van der Waals surface area contributed by atoms with Crippen LogP contribution in [0.25, 0.3) is 10.9 Å². The summed E-state index contributed by atoms with van der Waals surface area (Å²) >= 11 is 0. The number of nitrogens with zero attached hydrogens (tertiary/aromatic N) is 2. The highest BCUT2D eigenvalue weighted by molar-refractivity contribution is 5.73. The maximum Gasteiger partial charge on any atom is 0.335 e. The Bertz CT molecular complexity index is 511. The average Bonchev–Trinajstić information content (AvgIpc) is 2.27. The van der Waals surface area contributed by atoms with Crippen LogP contribution in [-0.4, -0.2) is 4.98 Å². The van der Waals surface area contributed by atoms with Crippen LogP contribution in [0.1, 0.15) is 0 Å². The van der Waals surface area contributed by atoms with Crippen molar-refractivity contribution in [3.05, 3.63) is 52.2 Å².